The lowest BCUT2D eigenvalue weighted by molar-refractivity contribution is -0.127. The Bertz CT molecular complexity index is 627. The number of ether oxygens (including phenoxy) is 1. The lowest BCUT2D eigenvalue weighted by Crippen LogP contribution is -2.57. The summed E-state index contributed by atoms with van der Waals surface area (Å²) in [5, 5.41) is 0.467. The van der Waals surface area contributed by atoms with Gasteiger partial charge < -0.3 is 4.74 Å². The molecule has 1 aromatic carbocycles. The molecule has 0 aromatic heterocycles. The number of morpholine rings is 1. The minimum absolute atomic E-state index is 0.0996. The molecule has 0 spiro atoms. The molecule has 1 fully saturated rings. The topological polar surface area (TPSA) is 63.7 Å². The summed E-state index contributed by atoms with van der Waals surface area (Å²) in [6.07, 6.45) is 1.46. The number of rotatable bonds is 5. The van der Waals surface area contributed by atoms with E-state index in [2.05, 4.69) is 0 Å². The van der Waals surface area contributed by atoms with Crippen LogP contribution in [-0.2, 0) is 19.6 Å². The second kappa shape index (κ2) is 7.08. The Morgan fingerprint density at radius 2 is 1.95 bits per heavy atom. The summed E-state index contributed by atoms with van der Waals surface area (Å²) in [6, 6.07) is 4.90. The second-order valence-corrected chi connectivity index (χ2v) is 7.67. The van der Waals surface area contributed by atoms with Gasteiger partial charge in [0.1, 0.15) is 11.8 Å². The number of benzene rings is 1. The summed E-state index contributed by atoms with van der Waals surface area (Å²) in [6.45, 7) is 3.78. The monoisotopic (exact) mass is 345 g/mol. The van der Waals surface area contributed by atoms with Gasteiger partial charge >= 0.3 is 0 Å². The lowest BCUT2D eigenvalue weighted by Gasteiger charge is -2.39. The molecule has 5 nitrogen and oxygen atoms in total. The van der Waals surface area contributed by atoms with Crippen molar-refractivity contribution in [2.24, 2.45) is 0 Å². The predicted molar refractivity (Wildman–Crippen MR) is 84.5 cm³/mol. The van der Waals surface area contributed by atoms with Crippen molar-refractivity contribution in [1.82, 2.24) is 4.31 Å². The number of carbonyl (C=O) groups is 1. The molecule has 0 unspecified atom stereocenters. The van der Waals surface area contributed by atoms with Crippen molar-refractivity contribution in [1.29, 1.82) is 0 Å². The molecule has 1 aliphatic rings. The van der Waals surface area contributed by atoms with Crippen molar-refractivity contribution in [2.45, 2.75) is 43.7 Å². The van der Waals surface area contributed by atoms with E-state index in [9.17, 15) is 13.2 Å². The van der Waals surface area contributed by atoms with E-state index >= 15 is 0 Å². The second-order valence-electron chi connectivity index (χ2n) is 5.40. The zero-order chi connectivity index (χ0) is 16.3. The molecular weight excluding hydrogens is 326 g/mol. The summed E-state index contributed by atoms with van der Waals surface area (Å²) in [5.41, 5.74) is 0. The van der Waals surface area contributed by atoms with E-state index in [0.29, 0.717) is 18.1 Å². The first kappa shape index (κ1) is 17.4. The molecule has 0 aliphatic carbocycles. The molecule has 22 heavy (non-hydrogen) atoms. The van der Waals surface area contributed by atoms with Crippen molar-refractivity contribution in [3.63, 3.8) is 0 Å². The van der Waals surface area contributed by atoms with Crippen LogP contribution in [0.15, 0.2) is 29.2 Å². The number of halogens is 1. The van der Waals surface area contributed by atoms with Gasteiger partial charge in [0.2, 0.25) is 10.0 Å². The minimum Gasteiger partial charge on any atom is -0.378 e. The maximum Gasteiger partial charge on any atom is 0.244 e. The molecule has 2 rings (SSSR count). The van der Waals surface area contributed by atoms with Crippen LogP contribution in [0.2, 0.25) is 5.02 Å². The molecule has 7 heteroatoms. The Morgan fingerprint density at radius 1 is 1.32 bits per heavy atom. The molecule has 1 aromatic rings. The number of sulfonamides is 1. The molecule has 0 radical (unpaired) electrons. The van der Waals surface area contributed by atoms with Gasteiger partial charge in [-0.15, -0.1) is 0 Å². The van der Waals surface area contributed by atoms with E-state index in [0.717, 1.165) is 6.42 Å². The van der Waals surface area contributed by atoms with E-state index in [1.54, 1.807) is 0 Å². The molecule has 0 amide bonds. The van der Waals surface area contributed by atoms with Crippen LogP contribution in [0, 0.1) is 0 Å². The third kappa shape index (κ3) is 3.51. The van der Waals surface area contributed by atoms with E-state index in [1.807, 2.05) is 6.92 Å². The molecule has 2 atom stereocenters. The number of hydrogen-bond acceptors (Lipinski definition) is 4. The molecule has 1 heterocycles. The zero-order valence-electron chi connectivity index (χ0n) is 12.7. The van der Waals surface area contributed by atoms with Crippen molar-refractivity contribution < 1.29 is 17.9 Å². The highest BCUT2D eigenvalue weighted by Gasteiger charge is 2.42. The van der Waals surface area contributed by atoms with Gasteiger partial charge in [-0.25, -0.2) is 8.42 Å². The van der Waals surface area contributed by atoms with Crippen LogP contribution in [0.25, 0.3) is 0 Å². The van der Waals surface area contributed by atoms with Crippen molar-refractivity contribution >= 4 is 27.4 Å². The summed E-state index contributed by atoms with van der Waals surface area (Å²) < 4.78 is 32.7. The van der Waals surface area contributed by atoms with Crippen molar-refractivity contribution in [2.75, 3.05) is 13.2 Å². The molecule has 1 saturated heterocycles. The molecule has 1 aliphatic heterocycles. The van der Waals surface area contributed by atoms with Crippen LogP contribution in [-0.4, -0.2) is 43.8 Å². The third-order valence-electron chi connectivity index (χ3n) is 3.73. The minimum atomic E-state index is -3.77. The van der Waals surface area contributed by atoms with Crippen LogP contribution in [0.1, 0.15) is 26.7 Å². The van der Waals surface area contributed by atoms with Crippen LogP contribution in [0.5, 0.6) is 0 Å². The fourth-order valence-corrected chi connectivity index (χ4v) is 4.60. The van der Waals surface area contributed by atoms with Gasteiger partial charge in [0.05, 0.1) is 18.1 Å². The van der Waals surface area contributed by atoms with E-state index < -0.39 is 16.1 Å². The highest BCUT2D eigenvalue weighted by molar-refractivity contribution is 7.89. The maximum absolute atomic E-state index is 13.0. The predicted octanol–water partition coefficient (Wildman–Crippen LogP) is 2.49. The Kier molecular flexibility index (Phi) is 5.60. The number of hydrogen-bond donors (Lipinski definition) is 0. The zero-order valence-corrected chi connectivity index (χ0v) is 14.2. The van der Waals surface area contributed by atoms with Gasteiger partial charge in [0.15, 0.2) is 0 Å². The van der Waals surface area contributed by atoms with Crippen LogP contribution in [0.3, 0.4) is 0 Å². The van der Waals surface area contributed by atoms with Crippen LogP contribution < -0.4 is 0 Å². The first-order valence-corrected chi connectivity index (χ1v) is 9.07. The largest absolute Gasteiger partial charge is 0.378 e. The Labute approximate surface area is 136 Å². The maximum atomic E-state index is 13.0. The van der Waals surface area contributed by atoms with E-state index in [1.165, 1.54) is 35.5 Å². The van der Waals surface area contributed by atoms with E-state index in [4.69, 9.17) is 16.3 Å². The van der Waals surface area contributed by atoms with Gasteiger partial charge in [-0.2, -0.15) is 4.31 Å². The molecule has 122 valence electrons. The highest BCUT2D eigenvalue weighted by atomic mass is 35.5. The van der Waals surface area contributed by atoms with E-state index in [-0.39, 0.29) is 23.3 Å². The fourth-order valence-electron chi connectivity index (χ4n) is 2.65. The number of carbonyl (C=O) groups excluding carboxylic acids is 1. The first-order valence-electron chi connectivity index (χ1n) is 7.25. The van der Waals surface area contributed by atoms with Crippen LogP contribution in [0.4, 0.5) is 0 Å². The van der Waals surface area contributed by atoms with Gasteiger partial charge in [-0.3, -0.25) is 4.79 Å². The molecule has 0 N–H and O–H groups in total. The van der Waals surface area contributed by atoms with Gasteiger partial charge in [-0.1, -0.05) is 24.9 Å². The Hall–Kier alpha value is -0.950. The van der Waals surface area contributed by atoms with Gasteiger partial charge in [-0.05, 0) is 37.6 Å². The smallest absolute Gasteiger partial charge is 0.244 e. The van der Waals surface area contributed by atoms with Crippen molar-refractivity contribution in [3.05, 3.63) is 29.3 Å². The normalized spacial score (nSPS) is 23.4. The molecule has 0 saturated carbocycles. The SMILES string of the molecule is CCC[C@@H]1COC[C@H](C(C)=O)N1S(=O)(=O)c1ccc(Cl)cc1. The highest BCUT2D eigenvalue weighted by Crippen LogP contribution is 2.27. The summed E-state index contributed by atoms with van der Waals surface area (Å²) in [4.78, 5) is 12.0. The number of Topliss-reactive ketones (excluding diaryl/α,β-unsaturated/α-hetero) is 1. The standard InChI is InChI=1S/C15H20ClNO4S/c1-3-4-13-9-21-10-15(11(2)18)17(13)22(19,20)14-7-5-12(16)6-8-14/h5-8,13,15H,3-4,9-10H2,1-2H3/t13-,15-/m1/s1. The summed E-state index contributed by atoms with van der Waals surface area (Å²) in [5.74, 6) is -0.210. The van der Waals surface area contributed by atoms with Crippen LogP contribution >= 0.6 is 11.6 Å². The number of ketones is 1. The summed E-state index contributed by atoms with van der Waals surface area (Å²) in [7, 11) is -3.77. The fraction of sp³-hybridized carbons (Fsp3) is 0.533. The number of nitrogens with zero attached hydrogens (tertiary/aromatic N) is 1. The average Bonchev–Trinajstić information content (AvgIpc) is 2.47. The van der Waals surface area contributed by atoms with Gasteiger partial charge in [0, 0.05) is 11.1 Å². The third-order valence-corrected chi connectivity index (χ3v) is 5.96. The molecule has 0 bridgehead atoms. The summed E-state index contributed by atoms with van der Waals surface area (Å²) >= 11 is 5.82. The van der Waals surface area contributed by atoms with Gasteiger partial charge in [0.25, 0.3) is 0 Å². The Balaban J connectivity index is 2.45. The quantitative estimate of drug-likeness (QED) is 0.822. The average molecular weight is 346 g/mol. The Morgan fingerprint density at radius 3 is 2.50 bits per heavy atom. The first-order chi connectivity index (χ1) is 10.4. The molecular formula is C15H20ClNO4S. The van der Waals surface area contributed by atoms with Crippen molar-refractivity contribution in [3.8, 4) is 0 Å². The lowest BCUT2D eigenvalue weighted by atomic mass is 10.1.